The van der Waals surface area contributed by atoms with E-state index in [1.165, 1.54) is 4.88 Å². The number of ether oxygens (including phenoxy) is 1. The number of carbonyl (C=O) groups excluding carboxylic acids is 1. The minimum Gasteiger partial charge on any atom is -0.466 e. The summed E-state index contributed by atoms with van der Waals surface area (Å²) in [6.07, 6.45) is 7.59. The molecular formula is C19H33IN4O2S. The van der Waals surface area contributed by atoms with Crippen molar-refractivity contribution >= 4 is 47.2 Å². The van der Waals surface area contributed by atoms with Gasteiger partial charge < -0.3 is 15.4 Å². The molecule has 0 atom stereocenters. The SMILES string of the molecule is CCNC(=NCCc1ncc(CC)s1)NC1CCC(C(=O)OCC)CC1.I. The van der Waals surface area contributed by atoms with Crippen LogP contribution in [0.3, 0.4) is 0 Å². The highest BCUT2D eigenvalue weighted by atomic mass is 127. The molecule has 0 amide bonds. The lowest BCUT2D eigenvalue weighted by Crippen LogP contribution is -2.45. The zero-order valence-corrected chi connectivity index (χ0v) is 19.8. The quantitative estimate of drug-likeness (QED) is 0.243. The molecule has 1 aromatic rings. The van der Waals surface area contributed by atoms with Gasteiger partial charge in [0, 0.05) is 36.6 Å². The number of esters is 1. The van der Waals surface area contributed by atoms with Crippen LogP contribution >= 0.6 is 35.3 Å². The molecule has 154 valence electrons. The number of rotatable bonds is 8. The minimum atomic E-state index is -0.0404. The first kappa shape index (κ1) is 24.1. The minimum absolute atomic E-state index is 0. The third-order valence-electron chi connectivity index (χ3n) is 4.58. The topological polar surface area (TPSA) is 75.6 Å². The van der Waals surface area contributed by atoms with E-state index < -0.39 is 0 Å². The lowest BCUT2D eigenvalue weighted by atomic mass is 9.86. The molecule has 0 radical (unpaired) electrons. The number of hydrogen-bond acceptors (Lipinski definition) is 5. The average molecular weight is 508 g/mol. The van der Waals surface area contributed by atoms with Gasteiger partial charge in [-0.25, -0.2) is 4.98 Å². The molecule has 2 rings (SSSR count). The molecule has 1 aliphatic rings. The Morgan fingerprint density at radius 3 is 2.63 bits per heavy atom. The monoisotopic (exact) mass is 508 g/mol. The van der Waals surface area contributed by atoms with Crippen LogP contribution in [0.1, 0.15) is 56.3 Å². The number of carbonyl (C=O) groups is 1. The van der Waals surface area contributed by atoms with Crippen LogP contribution in [0.2, 0.25) is 0 Å². The Balaban J connectivity index is 0.00000364. The maximum atomic E-state index is 11.8. The molecule has 1 aromatic heterocycles. The van der Waals surface area contributed by atoms with Gasteiger partial charge >= 0.3 is 5.97 Å². The number of guanidine groups is 1. The van der Waals surface area contributed by atoms with Gasteiger partial charge in [-0.3, -0.25) is 9.79 Å². The first-order valence-electron chi connectivity index (χ1n) is 9.81. The average Bonchev–Trinajstić information content (AvgIpc) is 3.10. The highest BCUT2D eigenvalue weighted by molar-refractivity contribution is 14.0. The molecule has 1 aliphatic carbocycles. The summed E-state index contributed by atoms with van der Waals surface area (Å²) in [5.74, 6) is 0.881. The Labute approximate surface area is 184 Å². The predicted octanol–water partition coefficient (Wildman–Crippen LogP) is 3.54. The van der Waals surface area contributed by atoms with Crippen LogP contribution in [-0.2, 0) is 22.4 Å². The fourth-order valence-corrected chi connectivity index (χ4v) is 3.99. The Morgan fingerprint density at radius 1 is 1.30 bits per heavy atom. The van der Waals surface area contributed by atoms with Gasteiger partial charge in [0.05, 0.1) is 17.5 Å². The molecule has 8 heteroatoms. The first-order chi connectivity index (χ1) is 12.7. The number of aliphatic imine (C=N–C) groups is 1. The van der Waals surface area contributed by atoms with Crippen molar-refractivity contribution in [3.05, 3.63) is 16.1 Å². The molecule has 0 unspecified atom stereocenters. The van der Waals surface area contributed by atoms with Crippen molar-refractivity contribution in [2.45, 2.75) is 65.3 Å². The van der Waals surface area contributed by atoms with Gasteiger partial charge in [0.15, 0.2) is 5.96 Å². The normalized spacial score (nSPS) is 19.9. The third-order valence-corrected chi connectivity index (χ3v) is 5.78. The first-order valence-corrected chi connectivity index (χ1v) is 10.6. The maximum absolute atomic E-state index is 11.8. The van der Waals surface area contributed by atoms with Gasteiger partial charge in [-0.2, -0.15) is 0 Å². The number of hydrogen-bond donors (Lipinski definition) is 2. The summed E-state index contributed by atoms with van der Waals surface area (Å²) in [6, 6.07) is 0.366. The summed E-state index contributed by atoms with van der Waals surface area (Å²) >= 11 is 1.78. The maximum Gasteiger partial charge on any atom is 0.308 e. The number of aryl methyl sites for hydroxylation is 1. The van der Waals surface area contributed by atoms with Crippen LogP contribution in [0.5, 0.6) is 0 Å². The van der Waals surface area contributed by atoms with Gasteiger partial charge in [-0.15, -0.1) is 35.3 Å². The molecular weight excluding hydrogens is 475 g/mol. The van der Waals surface area contributed by atoms with Gasteiger partial charge in [-0.1, -0.05) is 6.92 Å². The van der Waals surface area contributed by atoms with Crippen LogP contribution in [0.15, 0.2) is 11.2 Å². The van der Waals surface area contributed by atoms with Gasteiger partial charge in [-0.05, 0) is 46.0 Å². The molecule has 1 saturated carbocycles. The van der Waals surface area contributed by atoms with E-state index >= 15 is 0 Å². The van der Waals surface area contributed by atoms with E-state index in [2.05, 4.69) is 29.5 Å². The molecule has 0 saturated heterocycles. The van der Waals surface area contributed by atoms with E-state index in [9.17, 15) is 4.79 Å². The number of nitrogens with zero attached hydrogens (tertiary/aromatic N) is 2. The molecule has 27 heavy (non-hydrogen) atoms. The molecule has 2 N–H and O–H groups in total. The van der Waals surface area contributed by atoms with E-state index in [0.717, 1.165) is 62.6 Å². The van der Waals surface area contributed by atoms with E-state index in [1.54, 1.807) is 11.3 Å². The highest BCUT2D eigenvalue weighted by Crippen LogP contribution is 2.25. The van der Waals surface area contributed by atoms with E-state index in [4.69, 9.17) is 9.73 Å². The molecule has 1 heterocycles. The van der Waals surface area contributed by atoms with Crippen molar-refractivity contribution in [1.29, 1.82) is 0 Å². The molecule has 0 aromatic carbocycles. The summed E-state index contributed by atoms with van der Waals surface area (Å²) in [4.78, 5) is 22.3. The molecule has 0 bridgehead atoms. The summed E-state index contributed by atoms with van der Waals surface area (Å²) in [6.45, 7) is 8.11. The third kappa shape index (κ3) is 8.33. The van der Waals surface area contributed by atoms with Crippen molar-refractivity contribution in [3.63, 3.8) is 0 Å². The summed E-state index contributed by atoms with van der Waals surface area (Å²) in [5, 5.41) is 7.99. The van der Waals surface area contributed by atoms with Crippen LogP contribution in [0.25, 0.3) is 0 Å². The van der Waals surface area contributed by atoms with Crippen molar-refractivity contribution in [1.82, 2.24) is 15.6 Å². The van der Waals surface area contributed by atoms with Gasteiger partial charge in [0.25, 0.3) is 0 Å². The number of nitrogens with one attached hydrogen (secondary N) is 2. The lowest BCUT2D eigenvalue weighted by Gasteiger charge is -2.29. The Morgan fingerprint density at radius 2 is 2.04 bits per heavy atom. The van der Waals surface area contributed by atoms with E-state index in [-0.39, 0.29) is 35.9 Å². The Kier molecular flexibility index (Phi) is 11.9. The molecule has 0 aliphatic heterocycles. The van der Waals surface area contributed by atoms with Gasteiger partial charge in [0.2, 0.25) is 0 Å². The van der Waals surface area contributed by atoms with Crippen molar-refractivity contribution in [3.8, 4) is 0 Å². The zero-order chi connectivity index (χ0) is 18.8. The fourth-order valence-electron chi connectivity index (χ4n) is 3.14. The second-order valence-corrected chi connectivity index (χ2v) is 7.73. The Hall–Kier alpha value is -0.900. The smallest absolute Gasteiger partial charge is 0.308 e. The molecule has 1 fully saturated rings. The summed E-state index contributed by atoms with van der Waals surface area (Å²) in [7, 11) is 0. The zero-order valence-electron chi connectivity index (χ0n) is 16.6. The van der Waals surface area contributed by atoms with Crippen LogP contribution in [-0.4, -0.2) is 42.7 Å². The number of halogens is 1. The second-order valence-electron chi connectivity index (χ2n) is 6.53. The van der Waals surface area contributed by atoms with Gasteiger partial charge in [0.1, 0.15) is 0 Å². The fraction of sp³-hybridized carbons (Fsp3) is 0.737. The lowest BCUT2D eigenvalue weighted by molar-refractivity contribution is -0.149. The van der Waals surface area contributed by atoms with Crippen LogP contribution in [0.4, 0.5) is 0 Å². The number of thiazole rings is 1. The Bertz CT molecular complexity index is 586. The van der Waals surface area contributed by atoms with Crippen molar-refractivity contribution in [2.75, 3.05) is 19.7 Å². The predicted molar refractivity (Wildman–Crippen MR) is 122 cm³/mol. The van der Waals surface area contributed by atoms with E-state index in [0.29, 0.717) is 12.6 Å². The number of aromatic nitrogens is 1. The standard InChI is InChI=1S/C19H32N4O2S.HI/c1-4-16-13-22-17(26-16)11-12-21-19(20-5-2)23-15-9-7-14(8-10-15)18(24)25-6-3;/h13-15H,4-12H2,1-3H3,(H2,20,21,23);1H. The largest absolute Gasteiger partial charge is 0.466 e. The van der Waals surface area contributed by atoms with Crippen molar-refractivity contribution in [2.24, 2.45) is 10.9 Å². The van der Waals surface area contributed by atoms with E-state index in [1.807, 2.05) is 13.1 Å². The summed E-state index contributed by atoms with van der Waals surface area (Å²) < 4.78 is 5.14. The molecule has 6 nitrogen and oxygen atoms in total. The van der Waals surface area contributed by atoms with Crippen LogP contribution in [0, 0.1) is 5.92 Å². The molecule has 0 spiro atoms. The van der Waals surface area contributed by atoms with Crippen molar-refractivity contribution < 1.29 is 9.53 Å². The van der Waals surface area contributed by atoms with Crippen LogP contribution < -0.4 is 10.6 Å². The second kappa shape index (κ2) is 13.3. The summed E-state index contributed by atoms with van der Waals surface area (Å²) in [5.41, 5.74) is 0. The highest BCUT2D eigenvalue weighted by Gasteiger charge is 2.27.